The number of amides is 1. The summed E-state index contributed by atoms with van der Waals surface area (Å²) in [7, 11) is 3.95. The first-order chi connectivity index (χ1) is 17.1. The fraction of sp³-hybridized carbons (Fsp3) is 0.320. The van der Waals surface area contributed by atoms with Crippen molar-refractivity contribution in [3.05, 3.63) is 69.2 Å². The van der Waals surface area contributed by atoms with E-state index in [0.717, 1.165) is 36.5 Å². The molecule has 1 atom stereocenters. The lowest BCUT2D eigenvalue weighted by molar-refractivity contribution is -0.138. The van der Waals surface area contributed by atoms with Crippen molar-refractivity contribution in [1.29, 1.82) is 0 Å². The normalized spacial score (nSPS) is 20.3. The van der Waals surface area contributed by atoms with Crippen LogP contribution in [0.5, 0.6) is 0 Å². The second-order valence-corrected chi connectivity index (χ2v) is 10.5. The number of fused-ring (bicyclic) bond motifs is 1. The molecule has 0 saturated carbocycles. The minimum absolute atomic E-state index is 0.000175. The Bertz CT molecular complexity index is 1400. The largest absolute Gasteiger partial charge is 0.416 e. The molecule has 188 valence electrons. The van der Waals surface area contributed by atoms with Gasteiger partial charge in [-0.2, -0.15) is 23.3 Å². The Labute approximate surface area is 215 Å². The van der Waals surface area contributed by atoms with Gasteiger partial charge >= 0.3 is 6.18 Å². The molecule has 0 spiro atoms. The van der Waals surface area contributed by atoms with E-state index in [2.05, 4.69) is 20.1 Å². The number of nitrogens with one attached hydrogen (secondary N) is 1. The van der Waals surface area contributed by atoms with Crippen LogP contribution in [0.15, 0.2) is 52.5 Å². The summed E-state index contributed by atoms with van der Waals surface area (Å²) in [6.07, 6.45) is -2.11. The number of thioether (sulfide) groups is 1. The number of hydrogen-bond donors (Lipinski definition) is 1. The quantitative estimate of drug-likeness (QED) is 0.452. The molecule has 0 aliphatic carbocycles. The number of aromatic amines is 1. The number of likely N-dealkylation sites (tertiary alicyclic amines) is 1. The van der Waals surface area contributed by atoms with Gasteiger partial charge in [0.15, 0.2) is 5.17 Å². The molecule has 1 amide bonds. The number of hydrogen-bond acceptors (Lipinski definition) is 5. The molecule has 1 saturated heterocycles. The molecule has 2 aliphatic heterocycles. The Hall–Kier alpha value is -2.82. The molecule has 1 N–H and O–H groups in total. The van der Waals surface area contributed by atoms with E-state index in [-0.39, 0.29) is 23.0 Å². The van der Waals surface area contributed by atoms with Crippen molar-refractivity contribution < 1.29 is 18.0 Å². The lowest BCUT2D eigenvalue weighted by Gasteiger charge is -2.25. The van der Waals surface area contributed by atoms with Crippen molar-refractivity contribution in [3.8, 4) is 0 Å². The summed E-state index contributed by atoms with van der Waals surface area (Å²) < 4.78 is 41.6. The molecule has 11 heteroatoms. The molecular formula is C25H23ClF3N5OS. The minimum atomic E-state index is -4.59. The summed E-state index contributed by atoms with van der Waals surface area (Å²) in [6.45, 7) is 1.81. The van der Waals surface area contributed by atoms with Crippen molar-refractivity contribution in [2.75, 3.05) is 27.2 Å². The Morgan fingerprint density at radius 3 is 2.81 bits per heavy atom. The fourth-order valence-electron chi connectivity index (χ4n) is 4.62. The molecule has 1 aromatic heterocycles. The molecular weight excluding hydrogens is 511 g/mol. The Kier molecular flexibility index (Phi) is 6.61. The number of allylic oxidation sites excluding steroid dienone is 1. The van der Waals surface area contributed by atoms with Crippen LogP contribution in [0.4, 0.5) is 13.2 Å². The number of H-pyrrole nitrogens is 1. The van der Waals surface area contributed by atoms with Crippen molar-refractivity contribution in [3.63, 3.8) is 0 Å². The fourth-order valence-corrected chi connectivity index (χ4v) is 5.84. The average molecular weight is 534 g/mol. The third-order valence-electron chi connectivity index (χ3n) is 6.61. The van der Waals surface area contributed by atoms with Crippen molar-refractivity contribution >= 4 is 50.9 Å². The van der Waals surface area contributed by atoms with Crippen LogP contribution >= 0.6 is 23.4 Å². The van der Waals surface area contributed by atoms with Gasteiger partial charge in [0.2, 0.25) is 0 Å². The standard InChI is InChI=1S/C25H23ClF3N5OS/c1-33-8-7-18(13-33)34(2)24-31-23(35)22(36-24)19(14-4-6-21-16(9-14)12-30-32-21)10-15-3-5-17(26)11-20(15)25(27,28)29/h3-6,9,11-12,18H,7-8,10,13H2,1-2H3,(H,30,32). The van der Waals surface area contributed by atoms with Gasteiger partial charge in [0.1, 0.15) is 0 Å². The second-order valence-electron chi connectivity index (χ2n) is 9.07. The highest BCUT2D eigenvalue weighted by molar-refractivity contribution is 8.18. The monoisotopic (exact) mass is 533 g/mol. The zero-order valence-corrected chi connectivity index (χ0v) is 21.1. The zero-order chi connectivity index (χ0) is 25.6. The Balaban J connectivity index is 1.57. The van der Waals surface area contributed by atoms with Gasteiger partial charge < -0.3 is 9.80 Å². The molecule has 6 nitrogen and oxygen atoms in total. The highest BCUT2D eigenvalue weighted by Crippen LogP contribution is 2.41. The predicted octanol–water partition coefficient (Wildman–Crippen LogP) is 5.45. The van der Waals surface area contributed by atoms with Crippen LogP contribution in [0.25, 0.3) is 16.5 Å². The first-order valence-corrected chi connectivity index (χ1v) is 12.5. The van der Waals surface area contributed by atoms with Gasteiger partial charge in [0.25, 0.3) is 5.91 Å². The van der Waals surface area contributed by atoms with Gasteiger partial charge in [-0.15, -0.1) is 0 Å². The van der Waals surface area contributed by atoms with Crippen molar-refractivity contribution in [1.82, 2.24) is 20.0 Å². The summed E-state index contributed by atoms with van der Waals surface area (Å²) in [5.74, 6) is -0.446. The molecule has 1 fully saturated rings. The number of benzene rings is 2. The van der Waals surface area contributed by atoms with Gasteiger partial charge in [0.05, 0.1) is 22.2 Å². The maximum absolute atomic E-state index is 13.9. The van der Waals surface area contributed by atoms with Crippen molar-refractivity contribution in [2.45, 2.75) is 25.1 Å². The summed E-state index contributed by atoms with van der Waals surface area (Å²) >= 11 is 7.12. The summed E-state index contributed by atoms with van der Waals surface area (Å²) in [6, 6.07) is 9.36. The summed E-state index contributed by atoms with van der Waals surface area (Å²) in [4.78, 5) is 22.0. The van der Waals surface area contributed by atoms with Gasteiger partial charge in [-0.05, 0) is 79.2 Å². The Morgan fingerprint density at radius 1 is 1.28 bits per heavy atom. The maximum Gasteiger partial charge on any atom is 0.416 e. The SMILES string of the molecule is CN1CCC(N(C)C2=NC(=O)C(=C(Cc3ccc(Cl)cc3C(F)(F)F)c3ccc4[nH]ncc4c3)S2)C1. The van der Waals surface area contributed by atoms with Gasteiger partial charge in [-0.25, -0.2) is 0 Å². The number of amidine groups is 1. The van der Waals surface area contributed by atoms with Crippen LogP contribution in [0.3, 0.4) is 0 Å². The number of nitrogens with zero attached hydrogens (tertiary/aromatic N) is 4. The lowest BCUT2D eigenvalue weighted by Crippen LogP contribution is -2.36. The summed E-state index contributed by atoms with van der Waals surface area (Å²) in [5.41, 5.74) is 1.13. The minimum Gasteiger partial charge on any atom is -0.350 e. The number of alkyl halides is 3. The van der Waals surface area contributed by atoms with Crippen LogP contribution in [-0.4, -0.2) is 64.3 Å². The second kappa shape index (κ2) is 9.57. The van der Waals surface area contributed by atoms with Gasteiger partial charge in [-0.1, -0.05) is 23.7 Å². The van der Waals surface area contributed by atoms with Crippen LogP contribution in [0.1, 0.15) is 23.1 Å². The number of carbonyl (C=O) groups is 1. The van der Waals surface area contributed by atoms with Crippen LogP contribution in [0, 0.1) is 0 Å². The lowest BCUT2D eigenvalue weighted by atomic mass is 9.93. The van der Waals surface area contributed by atoms with Crippen LogP contribution < -0.4 is 0 Å². The van der Waals surface area contributed by atoms with Crippen LogP contribution in [-0.2, 0) is 17.4 Å². The van der Waals surface area contributed by atoms with E-state index in [1.165, 1.54) is 23.9 Å². The molecule has 3 aromatic rings. The molecule has 3 heterocycles. The first-order valence-electron chi connectivity index (χ1n) is 11.3. The number of aromatic nitrogens is 2. The van der Waals surface area contributed by atoms with E-state index >= 15 is 0 Å². The third-order valence-corrected chi connectivity index (χ3v) is 8.03. The smallest absolute Gasteiger partial charge is 0.350 e. The first kappa shape index (κ1) is 24.9. The third kappa shape index (κ3) is 4.89. The van der Waals surface area contributed by atoms with E-state index in [4.69, 9.17) is 11.6 Å². The van der Waals surface area contributed by atoms with E-state index in [1.54, 1.807) is 18.3 Å². The van der Waals surface area contributed by atoms with E-state index in [9.17, 15) is 18.0 Å². The Morgan fingerprint density at radius 2 is 2.08 bits per heavy atom. The number of aliphatic imine (C=N–C) groups is 1. The van der Waals surface area contributed by atoms with Gasteiger partial charge in [-0.3, -0.25) is 9.89 Å². The molecule has 0 radical (unpaired) electrons. The molecule has 0 bridgehead atoms. The zero-order valence-electron chi connectivity index (χ0n) is 19.6. The van der Waals surface area contributed by atoms with E-state index in [1.807, 2.05) is 25.1 Å². The molecule has 1 unspecified atom stereocenters. The molecule has 2 aromatic carbocycles. The van der Waals surface area contributed by atoms with E-state index < -0.39 is 17.6 Å². The number of likely N-dealkylation sites (N-methyl/N-ethyl adjacent to an activating group) is 2. The van der Waals surface area contributed by atoms with E-state index in [0.29, 0.717) is 21.2 Å². The number of halogens is 4. The molecule has 2 aliphatic rings. The maximum atomic E-state index is 13.9. The summed E-state index contributed by atoms with van der Waals surface area (Å²) in [5, 5.41) is 8.25. The highest BCUT2D eigenvalue weighted by Gasteiger charge is 2.36. The van der Waals surface area contributed by atoms with Crippen molar-refractivity contribution in [2.24, 2.45) is 4.99 Å². The highest BCUT2D eigenvalue weighted by atomic mass is 35.5. The molecule has 36 heavy (non-hydrogen) atoms. The topological polar surface area (TPSA) is 64.6 Å². The molecule has 5 rings (SSSR count). The van der Waals surface area contributed by atoms with Gasteiger partial charge in [0, 0.05) is 30.0 Å². The average Bonchev–Trinajstić information content (AvgIpc) is 3.56. The number of carbonyl (C=O) groups excluding carboxylic acids is 1. The predicted molar refractivity (Wildman–Crippen MR) is 137 cm³/mol. The number of rotatable bonds is 4. The van der Waals surface area contributed by atoms with Crippen LogP contribution in [0.2, 0.25) is 5.02 Å².